The Bertz CT molecular complexity index is 392. The highest BCUT2D eigenvalue weighted by atomic mass is 32.2. The van der Waals surface area contributed by atoms with E-state index >= 15 is 0 Å². The zero-order valence-corrected chi connectivity index (χ0v) is 8.62. The minimum absolute atomic E-state index is 0. The highest BCUT2D eigenvalue weighted by Crippen LogP contribution is 2.39. The first kappa shape index (κ1) is 12.8. The van der Waals surface area contributed by atoms with Crippen LogP contribution >= 0.6 is 11.8 Å². The van der Waals surface area contributed by atoms with Crippen molar-refractivity contribution in [3.8, 4) is 0 Å². The van der Waals surface area contributed by atoms with Crippen molar-refractivity contribution in [2.24, 2.45) is 5.73 Å². The van der Waals surface area contributed by atoms with Crippen LogP contribution in [0.5, 0.6) is 0 Å². The molecule has 1 fully saturated rings. The lowest BCUT2D eigenvalue weighted by Gasteiger charge is -2.49. The number of rotatable bonds is 2. The van der Waals surface area contributed by atoms with Crippen molar-refractivity contribution in [2.45, 2.75) is 18.8 Å². The summed E-state index contributed by atoms with van der Waals surface area (Å²) in [6, 6.07) is -0.601. The Hall–Kier alpha value is -1.27. The molecule has 2 aliphatic heterocycles. The van der Waals surface area contributed by atoms with Crippen LogP contribution in [-0.2, 0) is 9.59 Å². The lowest BCUT2D eigenvalue weighted by atomic mass is 10.0. The average molecular weight is 241 g/mol. The predicted molar refractivity (Wildman–Crippen MR) is 60.0 cm³/mol. The first-order valence-corrected chi connectivity index (χ1v) is 5.40. The van der Waals surface area contributed by atoms with Crippen LogP contribution in [0.4, 0.5) is 0 Å². The molecule has 0 aromatic rings. The van der Waals surface area contributed by atoms with Gasteiger partial charge in [0, 0.05) is 5.75 Å². The van der Waals surface area contributed by atoms with Crippen LogP contribution in [0.15, 0.2) is 23.9 Å². The number of nitrogens with two attached hydrogens (primary N) is 1. The van der Waals surface area contributed by atoms with Gasteiger partial charge in [0.2, 0.25) is 5.91 Å². The van der Waals surface area contributed by atoms with Crippen molar-refractivity contribution in [3.05, 3.63) is 23.9 Å². The number of hydrogen-bond donors (Lipinski definition) is 1. The number of β-lactam (4-membered cyclic amide) rings is 1. The third kappa shape index (κ3) is 1.54. The molecule has 5 nitrogen and oxygen atoms in total. The van der Waals surface area contributed by atoms with Crippen LogP contribution in [-0.4, -0.2) is 33.9 Å². The Morgan fingerprint density at radius 2 is 2.31 bits per heavy atom. The van der Waals surface area contributed by atoms with Gasteiger partial charge in [-0.15, -0.1) is 11.8 Å². The number of fused-ring (bicyclic) bond motifs is 1. The quantitative estimate of drug-likeness (QED) is 0.630. The van der Waals surface area contributed by atoms with E-state index in [1.807, 2.05) is 0 Å². The molecule has 0 bridgehead atoms. The zero-order chi connectivity index (χ0) is 11.2. The van der Waals surface area contributed by atoms with Gasteiger partial charge < -0.3 is 15.6 Å². The molecule has 0 aliphatic carbocycles. The maximum Gasteiger partial charge on any atom is 0.248 e. The molecule has 6 heteroatoms. The van der Waals surface area contributed by atoms with E-state index < -0.39 is 12.0 Å². The fraction of sp³-hybridized carbons (Fsp3) is 0.400. The van der Waals surface area contributed by atoms with E-state index in [2.05, 4.69) is 6.58 Å². The van der Waals surface area contributed by atoms with Gasteiger partial charge in [0.25, 0.3) is 0 Å². The molecule has 0 spiro atoms. The average Bonchev–Trinajstić information content (AvgIpc) is 2.25. The minimum Gasteiger partial charge on any atom is -0.543 e. The second-order valence-corrected chi connectivity index (χ2v) is 4.41. The van der Waals surface area contributed by atoms with Gasteiger partial charge in [-0.25, -0.2) is 0 Å². The summed E-state index contributed by atoms with van der Waals surface area (Å²) in [5.41, 5.74) is 5.98. The Morgan fingerprint density at radius 3 is 2.81 bits per heavy atom. The van der Waals surface area contributed by atoms with Crippen molar-refractivity contribution in [1.29, 1.82) is 0 Å². The van der Waals surface area contributed by atoms with E-state index in [4.69, 9.17) is 5.73 Å². The van der Waals surface area contributed by atoms with Gasteiger partial charge in [0.1, 0.15) is 11.4 Å². The van der Waals surface area contributed by atoms with Crippen LogP contribution in [0.2, 0.25) is 0 Å². The van der Waals surface area contributed by atoms with E-state index in [1.54, 1.807) is 0 Å². The lowest BCUT2D eigenvalue weighted by molar-refractivity contribution is -0.301. The molecule has 0 radical (unpaired) electrons. The highest BCUT2D eigenvalue weighted by molar-refractivity contribution is 8.00. The SMILES string of the molecule is C.C=CC1=C(C(=O)[O-])N2C(=O)[C@@H](N)[C@H]2SC1. The molecule has 0 aromatic heterocycles. The van der Waals surface area contributed by atoms with Gasteiger partial charge in [0.05, 0.1) is 11.7 Å². The van der Waals surface area contributed by atoms with Gasteiger partial charge >= 0.3 is 0 Å². The van der Waals surface area contributed by atoms with E-state index in [9.17, 15) is 14.7 Å². The summed E-state index contributed by atoms with van der Waals surface area (Å²) in [5.74, 6) is -1.23. The van der Waals surface area contributed by atoms with Gasteiger partial charge in [-0.05, 0) is 5.57 Å². The molecule has 2 rings (SSSR count). The fourth-order valence-corrected chi connectivity index (χ4v) is 2.97. The van der Waals surface area contributed by atoms with Crippen LogP contribution < -0.4 is 10.8 Å². The topological polar surface area (TPSA) is 86.5 Å². The Kier molecular flexibility index (Phi) is 3.44. The number of amides is 1. The van der Waals surface area contributed by atoms with Crippen molar-refractivity contribution in [2.75, 3.05) is 5.75 Å². The van der Waals surface area contributed by atoms with Crippen molar-refractivity contribution >= 4 is 23.6 Å². The third-order valence-electron chi connectivity index (χ3n) is 2.48. The van der Waals surface area contributed by atoms with E-state index in [-0.39, 0.29) is 24.4 Å². The number of aliphatic carboxylic acids is 1. The molecular weight excluding hydrogens is 228 g/mol. The predicted octanol–water partition coefficient (Wildman–Crippen LogP) is -0.945. The Labute approximate surface area is 98.0 Å². The van der Waals surface area contributed by atoms with Gasteiger partial charge in [-0.3, -0.25) is 9.69 Å². The van der Waals surface area contributed by atoms with E-state index in [0.29, 0.717) is 11.3 Å². The molecular formula is C10H13N2O3S-. The Balaban J connectivity index is 0.00000128. The second-order valence-electron chi connectivity index (χ2n) is 3.30. The van der Waals surface area contributed by atoms with E-state index in [0.717, 1.165) is 0 Å². The number of carbonyl (C=O) groups is 2. The standard InChI is InChI=1S/C9H10N2O3S.CH4/c1-2-4-3-15-8-5(10)7(12)11(8)6(4)9(13)14;/h2,5,8H,1,3,10H2,(H,13,14);1H4/p-1/t5-,8-;/m1./s1. The fourth-order valence-electron chi connectivity index (χ4n) is 1.69. The molecule has 0 unspecified atom stereocenters. The normalized spacial score (nSPS) is 27.8. The number of allylic oxidation sites excluding steroid dienone is 1. The van der Waals surface area contributed by atoms with Crippen LogP contribution in [0.1, 0.15) is 7.43 Å². The number of carboxylic acid groups (broad SMARTS) is 1. The number of nitrogens with zero attached hydrogens (tertiary/aromatic N) is 1. The molecule has 1 amide bonds. The van der Waals surface area contributed by atoms with Crippen molar-refractivity contribution in [3.63, 3.8) is 0 Å². The van der Waals surface area contributed by atoms with E-state index in [1.165, 1.54) is 22.7 Å². The number of thioether (sulfide) groups is 1. The van der Waals surface area contributed by atoms with Gasteiger partial charge in [-0.2, -0.15) is 0 Å². The first-order chi connectivity index (χ1) is 7.07. The zero-order valence-electron chi connectivity index (χ0n) is 7.80. The summed E-state index contributed by atoms with van der Waals surface area (Å²) >= 11 is 1.44. The minimum atomic E-state index is -1.35. The molecule has 1 saturated heterocycles. The number of hydrogen-bond acceptors (Lipinski definition) is 5. The van der Waals surface area contributed by atoms with Crippen LogP contribution in [0.25, 0.3) is 0 Å². The number of carboxylic acids is 1. The molecule has 0 saturated carbocycles. The van der Waals surface area contributed by atoms with Gasteiger partial charge in [-0.1, -0.05) is 20.1 Å². The molecule has 2 atom stereocenters. The molecule has 2 aliphatic rings. The van der Waals surface area contributed by atoms with Gasteiger partial charge in [0.15, 0.2) is 0 Å². The maximum absolute atomic E-state index is 11.4. The summed E-state index contributed by atoms with van der Waals surface area (Å²) < 4.78 is 0. The summed E-state index contributed by atoms with van der Waals surface area (Å²) in [6.45, 7) is 3.51. The highest BCUT2D eigenvalue weighted by Gasteiger charge is 2.49. The molecule has 2 N–H and O–H groups in total. The molecule has 2 heterocycles. The first-order valence-electron chi connectivity index (χ1n) is 4.35. The van der Waals surface area contributed by atoms with Crippen molar-refractivity contribution < 1.29 is 14.7 Å². The number of carbonyl (C=O) groups excluding carboxylic acids is 2. The molecule has 88 valence electrons. The summed E-state index contributed by atoms with van der Waals surface area (Å²) in [4.78, 5) is 23.5. The third-order valence-corrected chi connectivity index (χ3v) is 3.80. The summed E-state index contributed by atoms with van der Waals surface area (Å²) in [6.07, 6.45) is 1.44. The largest absolute Gasteiger partial charge is 0.543 e. The maximum atomic E-state index is 11.4. The summed E-state index contributed by atoms with van der Waals surface area (Å²) in [5, 5.41) is 10.6. The molecule has 16 heavy (non-hydrogen) atoms. The van der Waals surface area contributed by atoms with Crippen LogP contribution in [0, 0.1) is 0 Å². The Morgan fingerprint density at radius 1 is 1.69 bits per heavy atom. The second kappa shape index (κ2) is 4.31. The lowest BCUT2D eigenvalue weighted by Crippen LogP contribution is -2.69. The van der Waals surface area contributed by atoms with Crippen molar-refractivity contribution in [1.82, 2.24) is 4.90 Å². The van der Waals surface area contributed by atoms with Crippen LogP contribution in [0.3, 0.4) is 0 Å². The smallest absolute Gasteiger partial charge is 0.248 e. The monoisotopic (exact) mass is 241 g/mol. The molecule has 0 aromatic carbocycles. The summed E-state index contributed by atoms with van der Waals surface area (Å²) in [7, 11) is 0.